The predicted molar refractivity (Wildman–Crippen MR) is 145 cm³/mol. The monoisotopic (exact) mass is 571 g/mol. The van der Waals surface area contributed by atoms with E-state index in [9.17, 15) is 31.6 Å². The lowest BCUT2D eigenvalue weighted by molar-refractivity contribution is 0.0494. The van der Waals surface area contributed by atoms with Gasteiger partial charge in [0.1, 0.15) is 0 Å². The van der Waals surface area contributed by atoms with E-state index < -0.39 is 39.4 Å². The van der Waals surface area contributed by atoms with Crippen LogP contribution in [0.15, 0.2) is 54.6 Å². The number of amides is 2. The van der Waals surface area contributed by atoms with Crippen LogP contribution in [0.3, 0.4) is 0 Å². The molecule has 0 aromatic heterocycles. The number of hydrogen-bond donors (Lipinski definition) is 1. The third-order valence-corrected chi connectivity index (χ3v) is 6.75. The molecule has 0 aliphatic carbocycles. The van der Waals surface area contributed by atoms with E-state index in [2.05, 4.69) is 0 Å². The van der Waals surface area contributed by atoms with Gasteiger partial charge in [-0.25, -0.2) is 26.7 Å². The first-order chi connectivity index (χ1) is 18.8. The number of nitrogens with one attached hydrogen (secondary N) is 1. The van der Waals surface area contributed by atoms with Crippen molar-refractivity contribution in [3.8, 4) is 11.1 Å². The van der Waals surface area contributed by atoms with Gasteiger partial charge < -0.3 is 14.5 Å². The summed E-state index contributed by atoms with van der Waals surface area (Å²) in [7, 11) is -0.0333. The van der Waals surface area contributed by atoms with Crippen LogP contribution in [0.5, 0.6) is 0 Å². The van der Waals surface area contributed by atoms with Crippen molar-refractivity contribution in [3.05, 3.63) is 88.5 Å². The van der Waals surface area contributed by atoms with Gasteiger partial charge in [-0.3, -0.25) is 9.59 Å². The molecule has 0 atom stereocenters. The molecule has 4 rings (SSSR count). The Kier molecular flexibility index (Phi) is 8.31. The summed E-state index contributed by atoms with van der Waals surface area (Å²) in [6, 6.07) is 12.1. The van der Waals surface area contributed by atoms with E-state index in [0.717, 1.165) is 18.4 Å². The van der Waals surface area contributed by atoms with Gasteiger partial charge in [0, 0.05) is 17.7 Å². The first-order valence-electron chi connectivity index (χ1n) is 12.2. The van der Waals surface area contributed by atoms with Crippen molar-refractivity contribution in [2.75, 3.05) is 38.4 Å². The van der Waals surface area contributed by atoms with E-state index in [1.165, 1.54) is 41.3 Å². The van der Waals surface area contributed by atoms with Crippen LogP contribution in [0.25, 0.3) is 11.1 Å². The number of rotatable bonds is 9. The van der Waals surface area contributed by atoms with E-state index in [1.54, 1.807) is 6.07 Å². The third kappa shape index (κ3) is 6.52. The highest BCUT2D eigenvalue weighted by atomic mass is 32.2. The number of ether oxygens (including phenoxy) is 1. The third-order valence-electron chi connectivity index (χ3n) is 6.20. The normalized spacial score (nSPS) is 12.9. The SMILES string of the molecule is CN(C)CCCOC(=O)c1ccc(-c2ccc(F)c(F)c2)cc1N1Cc2ccc(C(=O)NS(C)(=O)=O)cc2C1=O. The molecule has 210 valence electrons. The Bertz CT molecular complexity index is 1610. The first kappa shape index (κ1) is 28.8. The lowest BCUT2D eigenvalue weighted by atomic mass is 10.0. The smallest absolute Gasteiger partial charge is 0.340 e. The average Bonchev–Trinajstić information content (AvgIpc) is 3.22. The van der Waals surface area contributed by atoms with Crippen LogP contribution in [0.4, 0.5) is 14.5 Å². The molecule has 1 aliphatic rings. The summed E-state index contributed by atoms with van der Waals surface area (Å²) in [5, 5.41) is 0. The summed E-state index contributed by atoms with van der Waals surface area (Å²) in [4.78, 5) is 42.2. The number of hydrogen-bond acceptors (Lipinski definition) is 7. The van der Waals surface area contributed by atoms with E-state index in [1.807, 2.05) is 23.7 Å². The summed E-state index contributed by atoms with van der Waals surface area (Å²) < 4.78 is 57.7. The second kappa shape index (κ2) is 11.5. The first-order valence-corrected chi connectivity index (χ1v) is 14.1. The van der Waals surface area contributed by atoms with Gasteiger partial charge in [0.2, 0.25) is 10.0 Å². The zero-order valence-electron chi connectivity index (χ0n) is 22.0. The highest BCUT2D eigenvalue weighted by Crippen LogP contribution is 2.35. The fraction of sp³-hybridized carbons (Fsp3) is 0.250. The number of esters is 1. The summed E-state index contributed by atoms with van der Waals surface area (Å²) in [6.07, 6.45) is 1.43. The number of halogens is 2. The van der Waals surface area contributed by atoms with E-state index in [-0.39, 0.29) is 35.5 Å². The number of sulfonamides is 1. The summed E-state index contributed by atoms with van der Waals surface area (Å²) in [5.74, 6) is -4.15. The highest BCUT2D eigenvalue weighted by molar-refractivity contribution is 7.89. The molecule has 0 bridgehead atoms. The second-order valence-electron chi connectivity index (χ2n) is 9.62. The molecule has 1 aliphatic heterocycles. The molecule has 1 N–H and O–H groups in total. The molecule has 0 fully saturated rings. The van der Waals surface area contributed by atoms with Crippen LogP contribution in [0.2, 0.25) is 0 Å². The molecule has 1 heterocycles. The number of anilines is 1. The molecular weight excluding hydrogens is 544 g/mol. The van der Waals surface area contributed by atoms with Crippen LogP contribution in [-0.2, 0) is 21.3 Å². The maximum atomic E-state index is 14.0. The standard InChI is InChI=1S/C28H27F2N3O6S/c1-32(2)11-4-12-39-28(36)21-9-7-18(17-8-10-23(29)24(30)14-17)15-25(21)33-16-20-6-5-19(13-22(20)27(33)35)26(34)31-40(3,37)38/h5-10,13-15H,4,11-12,16H2,1-3H3,(H,31,34). The molecule has 0 saturated heterocycles. The fourth-order valence-corrected chi connectivity index (χ4v) is 4.72. The van der Waals surface area contributed by atoms with Gasteiger partial charge in [-0.05, 0) is 73.6 Å². The summed E-state index contributed by atoms with van der Waals surface area (Å²) >= 11 is 0. The average molecular weight is 572 g/mol. The van der Waals surface area contributed by atoms with Gasteiger partial charge in [0.15, 0.2) is 11.6 Å². The second-order valence-corrected chi connectivity index (χ2v) is 11.4. The molecular formula is C28H27F2N3O6S. The van der Waals surface area contributed by atoms with E-state index in [4.69, 9.17) is 4.74 Å². The van der Waals surface area contributed by atoms with Gasteiger partial charge >= 0.3 is 5.97 Å². The Morgan fingerprint density at radius 2 is 1.70 bits per heavy atom. The molecule has 9 nitrogen and oxygen atoms in total. The van der Waals surface area contributed by atoms with Gasteiger partial charge in [-0.15, -0.1) is 0 Å². The van der Waals surface area contributed by atoms with Gasteiger partial charge in [0.05, 0.1) is 30.7 Å². The number of benzene rings is 3. The van der Waals surface area contributed by atoms with Crippen molar-refractivity contribution < 1.29 is 36.3 Å². The van der Waals surface area contributed by atoms with Gasteiger partial charge in [0.25, 0.3) is 11.8 Å². The summed E-state index contributed by atoms with van der Waals surface area (Å²) in [5.41, 5.74) is 1.70. The Labute approximate surface area is 230 Å². The highest BCUT2D eigenvalue weighted by Gasteiger charge is 2.32. The molecule has 12 heteroatoms. The van der Waals surface area contributed by atoms with Crippen LogP contribution < -0.4 is 9.62 Å². The topological polar surface area (TPSA) is 113 Å². The Hall–Kier alpha value is -4.16. The molecule has 3 aromatic carbocycles. The van der Waals surface area contributed by atoms with Crippen LogP contribution >= 0.6 is 0 Å². The maximum Gasteiger partial charge on any atom is 0.340 e. The van der Waals surface area contributed by atoms with Crippen molar-refractivity contribution in [2.45, 2.75) is 13.0 Å². The van der Waals surface area contributed by atoms with Crippen molar-refractivity contribution in [2.24, 2.45) is 0 Å². The Morgan fingerprint density at radius 3 is 2.38 bits per heavy atom. The Balaban J connectivity index is 1.70. The van der Waals surface area contributed by atoms with Crippen molar-refractivity contribution in [1.29, 1.82) is 0 Å². The molecule has 3 aromatic rings. The van der Waals surface area contributed by atoms with Gasteiger partial charge in [-0.2, -0.15) is 0 Å². The summed E-state index contributed by atoms with van der Waals surface area (Å²) in [6.45, 7) is 0.892. The van der Waals surface area contributed by atoms with Crippen LogP contribution in [-0.4, -0.2) is 64.6 Å². The minimum atomic E-state index is -3.82. The molecule has 0 unspecified atom stereocenters. The predicted octanol–water partition coefficient (Wildman–Crippen LogP) is 3.59. The molecule has 0 saturated carbocycles. The van der Waals surface area contributed by atoms with Crippen molar-refractivity contribution >= 4 is 33.5 Å². The van der Waals surface area contributed by atoms with Crippen molar-refractivity contribution in [3.63, 3.8) is 0 Å². The number of carbonyl (C=O) groups is 3. The van der Waals surface area contributed by atoms with Gasteiger partial charge in [-0.1, -0.05) is 18.2 Å². The number of nitrogens with zero attached hydrogens (tertiary/aromatic N) is 2. The molecule has 40 heavy (non-hydrogen) atoms. The molecule has 2 amide bonds. The zero-order chi connectivity index (χ0) is 29.2. The van der Waals surface area contributed by atoms with E-state index >= 15 is 0 Å². The molecule has 0 radical (unpaired) electrons. The lowest BCUT2D eigenvalue weighted by Gasteiger charge is -2.21. The number of fused-ring (bicyclic) bond motifs is 1. The molecule has 0 spiro atoms. The zero-order valence-corrected chi connectivity index (χ0v) is 22.8. The largest absolute Gasteiger partial charge is 0.462 e. The van der Waals surface area contributed by atoms with Crippen LogP contribution in [0.1, 0.15) is 43.1 Å². The maximum absolute atomic E-state index is 14.0. The number of carbonyl (C=O) groups excluding carboxylic acids is 3. The van der Waals surface area contributed by atoms with Crippen LogP contribution in [0, 0.1) is 11.6 Å². The fourth-order valence-electron chi connectivity index (χ4n) is 4.27. The lowest BCUT2D eigenvalue weighted by Crippen LogP contribution is -2.29. The van der Waals surface area contributed by atoms with Crippen molar-refractivity contribution in [1.82, 2.24) is 9.62 Å². The van der Waals surface area contributed by atoms with E-state index in [0.29, 0.717) is 29.7 Å². The quantitative estimate of drug-likeness (QED) is 0.309. The Morgan fingerprint density at radius 1 is 1.00 bits per heavy atom. The minimum absolute atomic E-state index is 0.0320. The minimum Gasteiger partial charge on any atom is -0.462 e.